The Morgan fingerprint density at radius 1 is 1.12 bits per heavy atom. The first-order chi connectivity index (χ1) is 12.4. The Morgan fingerprint density at radius 2 is 1.85 bits per heavy atom. The molecule has 7 heteroatoms. The Kier molecular flexibility index (Phi) is 5.38. The summed E-state index contributed by atoms with van der Waals surface area (Å²) in [5, 5.41) is 10.9. The molecule has 1 unspecified atom stereocenters. The normalized spacial score (nSPS) is 15.3. The lowest BCUT2D eigenvalue weighted by Gasteiger charge is -2.21. The summed E-state index contributed by atoms with van der Waals surface area (Å²) >= 11 is 0. The van der Waals surface area contributed by atoms with Gasteiger partial charge in [0.25, 0.3) is 5.69 Å². The Labute approximate surface area is 153 Å². The van der Waals surface area contributed by atoms with E-state index in [0.29, 0.717) is 6.42 Å². The highest BCUT2D eigenvalue weighted by atomic mass is 32.2. The monoisotopic (exact) mass is 374 g/mol. The van der Waals surface area contributed by atoms with Crippen LogP contribution in [0.4, 0.5) is 5.69 Å². The van der Waals surface area contributed by atoms with Crippen molar-refractivity contribution in [2.24, 2.45) is 0 Å². The highest BCUT2D eigenvalue weighted by Crippen LogP contribution is 2.27. The molecular formula is C19H22N2O4S. The zero-order chi connectivity index (χ0) is 18.7. The third-order valence-electron chi connectivity index (χ3n) is 4.82. The van der Waals surface area contributed by atoms with Gasteiger partial charge < -0.3 is 0 Å². The van der Waals surface area contributed by atoms with Crippen LogP contribution in [0.2, 0.25) is 0 Å². The number of benzene rings is 2. The van der Waals surface area contributed by atoms with Gasteiger partial charge in [-0.25, -0.2) is 13.1 Å². The molecule has 1 aliphatic rings. The van der Waals surface area contributed by atoms with Gasteiger partial charge in [-0.05, 0) is 54.9 Å². The van der Waals surface area contributed by atoms with Crippen molar-refractivity contribution in [2.45, 2.75) is 50.0 Å². The fourth-order valence-corrected chi connectivity index (χ4v) is 4.72. The SMILES string of the molecule is CCC(NS(=O)(=O)c1cccc([N+](=O)[O-])c1)c1ccc2c(c1)CCCC2. The highest BCUT2D eigenvalue weighted by molar-refractivity contribution is 7.89. The fourth-order valence-electron chi connectivity index (χ4n) is 3.38. The third kappa shape index (κ3) is 3.94. The van der Waals surface area contributed by atoms with E-state index in [2.05, 4.69) is 16.9 Å². The van der Waals surface area contributed by atoms with Crippen LogP contribution in [0.15, 0.2) is 47.4 Å². The number of nitro groups is 1. The highest BCUT2D eigenvalue weighted by Gasteiger charge is 2.23. The molecule has 6 nitrogen and oxygen atoms in total. The molecule has 0 spiro atoms. The molecule has 0 radical (unpaired) electrons. The number of nitrogens with zero attached hydrogens (tertiary/aromatic N) is 1. The quantitative estimate of drug-likeness (QED) is 0.613. The van der Waals surface area contributed by atoms with Crippen LogP contribution in [-0.2, 0) is 22.9 Å². The predicted octanol–water partition coefficient (Wildman–Crippen LogP) is 3.90. The topological polar surface area (TPSA) is 89.3 Å². The number of non-ortho nitro benzene ring substituents is 1. The van der Waals surface area contributed by atoms with Crippen LogP contribution in [0.3, 0.4) is 0 Å². The minimum absolute atomic E-state index is 0.0943. The molecule has 0 aromatic heterocycles. The molecule has 0 heterocycles. The van der Waals surface area contributed by atoms with Crippen molar-refractivity contribution in [3.63, 3.8) is 0 Å². The van der Waals surface area contributed by atoms with Gasteiger partial charge in [0.05, 0.1) is 9.82 Å². The molecule has 0 amide bonds. The maximum Gasteiger partial charge on any atom is 0.270 e. The fraction of sp³-hybridized carbons (Fsp3) is 0.368. The zero-order valence-electron chi connectivity index (χ0n) is 14.6. The van der Waals surface area contributed by atoms with Gasteiger partial charge in [-0.15, -0.1) is 0 Å². The average Bonchev–Trinajstić information content (AvgIpc) is 2.66. The van der Waals surface area contributed by atoms with Crippen LogP contribution in [0.1, 0.15) is 48.9 Å². The van der Waals surface area contributed by atoms with Crippen molar-refractivity contribution >= 4 is 15.7 Å². The third-order valence-corrected chi connectivity index (χ3v) is 6.29. The minimum atomic E-state index is -3.85. The lowest BCUT2D eigenvalue weighted by atomic mass is 9.89. The first kappa shape index (κ1) is 18.5. The molecule has 0 aliphatic heterocycles. The molecule has 3 rings (SSSR count). The summed E-state index contributed by atoms with van der Waals surface area (Å²) in [6.45, 7) is 1.92. The van der Waals surface area contributed by atoms with Gasteiger partial charge in [0.1, 0.15) is 0 Å². The van der Waals surface area contributed by atoms with E-state index < -0.39 is 14.9 Å². The molecule has 2 aromatic rings. The summed E-state index contributed by atoms with van der Waals surface area (Å²) in [5.41, 5.74) is 3.33. The molecule has 1 aliphatic carbocycles. The minimum Gasteiger partial charge on any atom is -0.258 e. The summed E-state index contributed by atoms with van der Waals surface area (Å²) in [6.07, 6.45) is 5.05. The van der Waals surface area contributed by atoms with Crippen LogP contribution in [-0.4, -0.2) is 13.3 Å². The summed E-state index contributed by atoms with van der Waals surface area (Å²) in [5.74, 6) is 0. The number of nitrogens with one attached hydrogen (secondary N) is 1. The van der Waals surface area contributed by atoms with Crippen LogP contribution >= 0.6 is 0 Å². The van der Waals surface area contributed by atoms with Crippen LogP contribution in [0.5, 0.6) is 0 Å². The molecule has 1 atom stereocenters. The Balaban J connectivity index is 1.87. The molecule has 0 fully saturated rings. The average molecular weight is 374 g/mol. The summed E-state index contributed by atoms with van der Waals surface area (Å²) < 4.78 is 28.1. The summed E-state index contributed by atoms with van der Waals surface area (Å²) in [6, 6.07) is 10.9. The number of aryl methyl sites for hydroxylation is 2. The van der Waals surface area contributed by atoms with Crippen molar-refractivity contribution < 1.29 is 13.3 Å². The van der Waals surface area contributed by atoms with Crippen molar-refractivity contribution in [3.8, 4) is 0 Å². The predicted molar refractivity (Wildman–Crippen MR) is 99.5 cm³/mol. The molecule has 0 saturated heterocycles. The van der Waals surface area contributed by atoms with Gasteiger partial charge in [-0.3, -0.25) is 10.1 Å². The second-order valence-electron chi connectivity index (χ2n) is 6.57. The molecular weight excluding hydrogens is 352 g/mol. The van der Waals surface area contributed by atoms with Crippen molar-refractivity contribution in [1.82, 2.24) is 4.72 Å². The van der Waals surface area contributed by atoms with E-state index in [1.165, 1.54) is 35.7 Å². The van der Waals surface area contributed by atoms with Crippen LogP contribution in [0, 0.1) is 10.1 Å². The number of rotatable bonds is 6. The molecule has 0 bridgehead atoms. The van der Waals surface area contributed by atoms with Gasteiger partial charge >= 0.3 is 0 Å². The lowest BCUT2D eigenvalue weighted by Crippen LogP contribution is -2.28. The Morgan fingerprint density at radius 3 is 2.54 bits per heavy atom. The van der Waals surface area contributed by atoms with Gasteiger partial charge in [-0.1, -0.05) is 31.2 Å². The van der Waals surface area contributed by atoms with E-state index in [9.17, 15) is 18.5 Å². The lowest BCUT2D eigenvalue weighted by molar-refractivity contribution is -0.385. The van der Waals surface area contributed by atoms with E-state index >= 15 is 0 Å². The maximum atomic E-state index is 12.7. The summed E-state index contributed by atoms with van der Waals surface area (Å²) in [7, 11) is -3.85. The number of fused-ring (bicyclic) bond motifs is 1. The van der Waals surface area contributed by atoms with E-state index in [1.54, 1.807) is 0 Å². The standard InChI is InChI=1S/C19H22N2O4S/c1-2-19(16-11-10-14-6-3-4-7-15(14)12-16)20-26(24,25)18-9-5-8-17(13-18)21(22)23/h5,8-13,19-20H,2-4,6-7H2,1H3. The first-order valence-electron chi connectivity index (χ1n) is 8.79. The number of sulfonamides is 1. The molecule has 0 saturated carbocycles. The van der Waals surface area contributed by atoms with E-state index in [4.69, 9.17) is 0 Å². The Bertz CT molecular complexity index is 925. The maximum absolute atomic E-state index is 12.7. The number of hydrogen-bond donors (Lipinski definition) is 1. The zero-order valence-corrected chi connectivity index (χ0v) is 15.5. The van der Waals surface area contributed by atoms with Crippen molar-refractivity contribution in [2.75, 3.05) is 0 Å². The number of hydrogen-bond acceptors (Lipinski definition) is 4. The van der Waals surface area contributed by atoms with E-state index in [-0.39, 0.29) is 16.6 Å². The molecule has 26 heavy (non-hydrogen) atoms. The summed E-state index contributed by atoms with van der Waals surface area (Å²) in [4.78, 5) is 10.2. The van der Waals surface area contributed by atoms with E-state index in [1.807, 2.05) is 13.0 Å². The van der Waals surface area contributed by atoms with Gasteiger partial charge in [0, 0.05) is 18.2 Å². The largest absolute Gasteiger partial charge is 0.270 e. The van der Waals surface area contributed by atoms with E-state index in [0.717, 1.165) is 30.9 Å². The molecule has 2 aromatic carbocycles. The molecule has 1 N–H and O–H groups in total. The van der Waals surface area contributed by atoms with Gasteiger partial charge in [0.2, 0.25) is 10.0 Å². The number of nitro benzene ring substituents is 1. The smallest absolute Gasteiger partial charge is 0.258 e. The van der Waals surface area contributed by atoms with Crippen molar-refractivity contribution in [1.29, 1.82) is 0 Å². The second-order valence-corrected chi connectivity index (χ2v) is 8.29. The Hall–Kier alpha value is -2.25. The van der Waals surface area contributed by atoms with Crippen molar-refractivity contribution in [3.05, 3.63) is 69.3 Å². The van der Waals surface area contributed by atoms with Gasteiger partial charge in [0.15, 0.2) is 0 Å². The van der Waals surface area contributed by atoms with Gasteiger partial charge in [-0.2, -0.15) is 0 Å². The van der Waals surface area contributed by atoms with Crippen LogP contribution in [0.25, 0.3) is 0 Å². The van der Waals surface area contributed by atoms with Crippen LogP contribution < -0.4 is 4.72 Å². The second kappa shape index (κ2) is 7.55. The molecule has 138 valence electrons. The first-order valence-corrected chi connectivity index (χ1v) is 10.3.